The summed E-state index contributed by atoms with van der Waals surface area (Å²) in [5.74, 6) is 0.510. The van der Waals surface area contributed by atoms with Gasteiger partial charge in [0.05, 0.1) is 0 Å². The lowest BCUT2D eigenvalue weighted by atomic mass is 10.1. The quantitative estimate of drug-likeness (QED) is 0.595. The molecule has 0 radical (unpaired) electrons. The molecule has 2 N–H and O–H groups in total. The molecule has 0 aliphatic heterocycles. The molecule has 0 aliphatic rings. The Morgan fingerprint density at radius 3 is 2.10 bits per heavy atom. The van der Waals surface area contributed by atoms with Gasteiger partial charge in [0.25, 0.3) is 0 Å². The Kier molecular flexibility index (Phi) is 4.95. The van der Waals surface area contributed by atoms with Crippen molar-refractivity contribution in [1.29, 1.82) is 0 Å². The first-order valence-electron chi connectivity index (χ1n) is 3.73. The van der Waals surface area contributed by atoms with Crippen molar-refractivity contribution in [2.24, 2.45) is 11.7 Å². The standard InChI is InChI=1S/C9H17N/c1-4-5-8(2)6-7-9(3)10/h4-9H,10H2,1-3H3/b5-4-,7-6-. The summed E-state index contributed by atoms with van der Waals surface area (Å²) in [6.45, 7) is 6.13. The second-order valence-corrected chi connectivity index (χ2v) is 2.63. The minimum Gasteiger partial charge on any atom is -0.325 e. The van der Waals surface area contributed by atoms with Crippen molar-refractivity contribution < 1.29 is 0 Å². The van der Waals surface area contributed by atoms with Crippen LogP contribution >= 0.6 is 0 Å². The summed E-state index contributed by atoms with van der Waals surface area (Å²) in [5, 5.41) is 0. The lowest BCUT2D eigenvalue weighted by Crippen LogP contribution is -2.10. The molecule has 10 heavy (non-hydrogen) atoms. The van der Waals surface area contributed by atoms with Crippen molar-refractivity contribution in [1.82, 2.24) is 0 Å². The Bertz CT molecular complexity index is 123. The van der Waals surface area contributed by atoms with Crippen LogP contribution in [0, 0.1) is 5.92 Å². The molecule has 0 spiro atoms. The minimum atomic E-state index is 0.174. The Balaban J connectivity index is 3.66. The summed E-state index contributed by atoms with van der Waals surface area (Å²) >= 11 is 0. The predicted molar refractivity (Wildman–Crippen MR) is 46.8 cm³/mol. The van der Waals surface area contributed by atoms with Crippen LogP contribution in [0.15, 0.2) is 24.3 Å². The van der Waals surface area contributed by atoms with Gasteiger partial charge in [-0.25, -0.2) is 0 Å². The fourth-order valence-electron chi connectivity index (χ4n) is 0.718. The lowest BCUT2D eigenvalue weighted by Gasteiger charge is -1.98. The summed E-state index contributed by atoms with van der Waals surface area (Å²) in [4.78, 5) is 0. The number of nitrogens with two attached hydrogens (primary N) is 1. The van der Waals surface area contributed by atoms with Crippen LogP contribution in [0.4, 0.5) is 0 Å². The normalized spacial score (nSPS) is 18.4. The molecule has 0 aromatic heterocycles. The van der Waals surface area contributed by atoms with Crippen LogP contribution in [-0.4, -0.2) is 6.04 Å². The van der Waals surface area contributed by atoms with Crippen LogP contribution in [0.25, 0.3) is 0 Å². The first-order chi connectivity index (χ1) is 4.66. The van der Waals surface area contributed by atoms with Crippen LogP contribution in [0.3, 0.4) is 0 Å². The maximum atomic E-state index is 5.53. The number of hydrogen-bond donors (Lipinski definition) is 1. The molecular weight excluding hydrogens is 122 g/mol. The predicted octanol–water partition coefficient (Wildman–Crippen LogP) is 2.10. The van der Waals surface area contributed by atoms with E-state index in [2.05, 4.69) is 25.2 Å². The van der Waals surface area contributed by atoms with Gasteiger partial charge in [-0.2, -0.15) is 0 Å². The van der Waals surface area contributed by atoms with Crippen molar-refractivity contribution >= 4 is 0 Å². The SMILES string of the molecule is C/C=C\C(C)/C=C\C(C)N. The van der Waals surface area contributed by atoms with E-state index in [4.69, 9.17) is 5.73 Å². The molecule has 1 nitrogen and oxygen atoms in total. The van der Waals surface area contributed by atoms with Crippen molar-refractivity contribution in [3.05, 3.63) is 24.3 Å². The van der Waals surface area contributed by atoms with Gasteiger partial charge < -0.3 is 5.73 Å². The van der Waals surface area contributed by atoms with Gasteiger partial charge in [-0.15, -0.1) is 0 Å². The van der Waals surface area contributed by atoms with Crippen LogP contribution in [0.2, 0.25) is 0 Å². The van der Waals surface area contributed by atoms with Gasteiger partial charge >= 0.3 is 0 Å². The fraction of sp³-hybridized carbons (Fsp3) is 0.556. The molecule has 0 bridgehead atoms. The molecule has 0 aliphatic carbocycles. The second kappa shape index (κ2) is 5.24. The zero-order chi connectivity index (χ0) is 7.98. The highest BCUT2D eigenvalue weighted by Gasteiger charge is 1.88. The van der Waals surface area contributed by atoms with Gasteiger partial charge in [0.2, 0.25) is 0 Å². The molecule has 0 rings (SSSR count). The Labute approximate surface area is 63.6 Å². The van der Waals surface area contributed by atoms with Crippen LogP contribution < -0.4 is 5.73 Å². The number of hydrogen-bond acceptors (Lipinski definition) is 1. The Hall–Kier alpha value is -0.560. The lowest BCUT2D eigenvalue weighted by molar-refractivity contribution is 0.878. The van der Waals surface area contributed by atoms with E-state index in [1.807, 2.05) is 19.9 Å². The molecule has 0 saturated carbocycles. The summed E-state index contributed by atoms with van der Waals surface area (Å²) in [6.07, 6.45) is 8.32. The molecule has 2 unspecified atom stereocenters. The molecule has 2 atom stereocenters. The number of allylic oxidation sites excluding steroid dienone is 3. The molecule has 1 heteroatoms. The first-order valence-corrected chi connectivity index (χ1v) is 3.73. The van der Waals surface area contributed by atoms with E-state index in [9.17, 15) is 0 Å². The third-order valence-electron chi connectivity index (χ3n) is 1.21. The molecule has 0 saturated heterocycles. The largest absolute Gasteiger partial charge is 0.325 e. The Morgan fingerprint density at radius 2 is 1.70 bits per heavy atom. The zero-order valence-corrected chi connectivity index (χ0v) is 7.04. The minimum absolute atomic E-state index is 0.174. The molecule has 0 aromatic carbocycles. The van der Waals surface area contributed by atoms with E-state index < -0.39 is 0 Å². The third kappa shape index (κ3) is 5.57. The van der Waals surface area contributed by atoms with Crippen LogP contribution in [0.5, 0.6) is 0 Å². The van der Waals surface area contributed by atoms with Gasteiger partial charge in [-0.05, 0) is 19.8 Å². The van der Waals surface area contributed by atoms with Crippen molar-refractivity contribution in [2.75, 3.05) is 0 Å². The number of rotatable bonds is 3. The van der Waals surface area contributed by atoms with Crippen LogP contribution in [-0.2, 0) is 0 Å². The van der Waals surface area contributed by atoms with E-state index >= 15 is 0 Å². The third-order valence-corrected chi connectivity index (χ3v) is 1.21. The maximum Gasteiger partial charge on any atom is 0.0195 e. The van der Waals surface area contributed by atoms with Crippen LogP contribution in [0.1, 0.15) is 20.8 Å². The second-order valence-electron chi connectivity index (χ2n) is 2.63. The summed E-state index contributed by atoms with van der Waals surface area (Å²) < 4.78 is 0. The highest BCUT2D eigenvalue weighted by molar-refractivity contribution is 5.00. The molecule has 0 aromatic rings. The van der Waals surface area contributed by atoms with E-state index in [1.54, 1.807) is 0 Å². The molecule has 0 amide bonds. The van der Waals surface area contributed by atoms with Crippen molar-refractivity contribution in [3.63, 3.8) is 0 Å². The van der Waals surface area contributed by atoms with Crippen molar-refractivity contribution in [2.45, 2.75) is 26.8 Å². The molecule has 0 heterocycles. The zero-order valence-electron chi connectivity index (χ0n) is 7.04. The molecular formula is C9H17N. The average Bonchev–Trinajstić information content (AvgIpc) is 1.85. The summed E-state index contributed by atoms with van der Waals surface area (Å²) in [6, 6.07) is 0.174. The summed E-state index contributed by atoms with van der Waals surface area (Å²) in [7, 11) is 0. The van der Waals surface area contributed by atoms with Gasteiger partial charge in [0, 0.05) is 6.04 Å². The van der Waals surface area contributed by atoms with Gasteiger partial charge in [0.1, 0.15) is 0 Å². The molecule has 58 valence electrons. The highest BCUT2D eigenvalue weighted by Crippen LogP contribution is 1.99. The van der Waals surface area contributed by atoms with Crippen molar-refractivity contribution in [3.8, 4) is 0 Å². The smallest absolute Gasteiger partial charge is 0.0195 e. The first kappa shape index (κ1) is 9.44. The van der Waals surface area contributed by atoms with E-state index in [-0.39, 0.29) is 6.04 Å². The molecule has 0 fully saturated rings. The maximum absolute atomic E-state index is 5.53. The van der Waals surface area contributed by atoms with E-state index in [0.717, 1.165) is 0 Å². The Morgan fingerprint density at radius 1 is 1.10 bits per heavy atom. The van der Waals surface area contributed by atoms with Gasteiger partial charge in [-0.3, -0.25) is 0 Å². The van der Waals surface area contributed by atoms with Gasteiger partial charge in [-0.1, -0.05) is 31.2 Å². The van der Waals surface area contributed by atoms with Gasteiger partial charge in [0.15, 0.2) is 0 Å². The average molecular weight is 139 g/mol. The summed E-state index contributed by atoms with van der Waals surface area (Å²) in [5.41, 5.74) is 5.53. The highest BCUT2D eigenvalue weighted by atomic mass is 14.6. The topological polar surface area (TPSA) is 26.0 Å². The van der Waals surface area contributed by atoms with E-state index in [0.29, 0.717) is 5.92 Å². The fourth-order valence-corrected chi connectivity index (χ4v) is 0.718. The monoisotopic (exact) mass is 139 g/mol. The van der Waals surface area contributed by atoms with E-state index in [1.165, 1.54) is 0 Å².